The van der Waals surface area contributed by atoms with Crippen LogP contribution in [0.15, 0.2) is 0 Å². The van der Waals surface area contributed by atoms with Crippen molar-refractivity contribution in [1.82, 2.24) is 0 Å². The van der Waals surface area contributed by atoms with E-state index in [-0.39, 0.29) is 36.1 Å². The number of rotatable bonds is 3. The van der Waals surface area contributed by atoms with Crippen LogP contribution in [-0.2, 0) is 9.53 Å². The molecule has 2 aliphatic rings. The van der Waals surface area contributed by atoms with Gasteiger partial charge in [-0.2, -0.15) is 0 Å². The molecule has 4 nitrogen and oxygen atoms in total. The van der Waals surface area contributed by atoms with Crippen molar-refractivity contribution >= 4 is 5.97 Å². The van der Waals surface area contributed by atoms with Crippen molar-refractivity contribution in [1.29, 1.82) is 0 Å². The van der Waals surface area contributed by atoms with Gasteiger partial charge in [0.05, 0.1) is 12.5 Å². The van der Waals surface area contributed by atoms with Crippen molar-refractivity contribution in [3.63, 3.8) is 0 Å². The minimum absolute atomic E-state index is 0.0365. The minimum Gasteiger partial charge on any atom is -0.462 e. The van der Waals surface area contributed by atoms with Gasteiger partial charge in [0.1, 0.15) is 6.10 Å². The maximum Gasteiger partial charge on any atom is 0.306 e. The molecule has 15 heavy (non-hydrogen) atoms. The Hall–Kier alpha value is -0.610. The number of ether oxygens (including phenoxy) is 1. The van der Waals surface area contributed by atoms with Gasteiger partial charge in [-0.3, -0.25) is 4.79 Å². The molecule has 1 unspecified atom stereocenters. The summed E-state index contributed by atoms with van der Waals surface area (Å²) in [5, 5.41) is 9.86. The van der Waals surface area contributed by atoms with Gasteiger partial charge >= 0.3 is 5.97 Å². The Labute approximate surface area is 89.8 Å². The highest BCUT2D eigenvalue weighted by atomic mass is 16.6. The molecule has 1 aliphatic carbocycles. The van der Waals surface area contributed by atoms with E-state index < -0.39 is 0 Å². The van der Waals surface area contributed by atoms with Gasteiger partial charge in [0.2, 0.25) is 0 Å². The first kappa shape index (κ1) is 10.9. The zero-order valence-electron chi connectivity index (χ0n) is 9.06. The summed E-state index contributed by atoms with van der Waals surface area (Å²) in [4.78, 5) is 11.1. The lowest BCUT2D eigenvalue weighted by Crippen LogP contribution is -2.23. The topological polar surface area (TPSA) is 72.6 Å². The van der Waals surface area contributed by atoms with Crippen LogP contribution in [0.3, 0.4) is 0 Å². The number of carbonyl (C=O) groups is 1. The fraction of sp³-hybridized carbons (Fsp3) is 0.909. The molecule has 0 spiro atoms. The molecule has 86 valence electrons. The van der Waals surface area contributed by atoms with Gasteiger partial charge in [0.15, 0.2) is 0 Å². The van der Waals surface area contributed by atoms with E-state index in [1.807, 2.05) is 6.92 Å². The molecule has 3 N–H and O–H groups in total. The number of hydrogen-bond donors (Lipinski definition) is 2. The van der Waals surface area contributed by atoms with E-state index in [0.29, 0.717) is 12.8 Å². The Bertz CT molecular complexity index is 254. The van der Waals surface area contributed by atoms with Crippen LogP contribution in [0.25, 0.3) is 0 Å². The van der Waals surface area contributed by atoms with Crippen LogP contribution >= 0.6 is 0 Å². The van der Waals surface area contributed by atoms with Crippen molar-refractivity contribution < 1.29 is 14.6 Å². The number of nitrogens with two attached hydrogens (primary N) is 1. The quantitative estimate of drug-likeness (QED) is 0.667. The second-order valence-corrected chi connectivity index (χ2v) is 4.92. The number of carbonyl (C=O) groups excluding carboxylic acids is 1. The standard InChI is InChI=1S/C11H19NO3/c1-6(12)2-3-7-8-4-11(14)15-10(8)5-9(7)13/h6-10,13H,2-5,12H2,1H3/t6?,7-,8-,9-,10+/m1/s1. The van der Waals surface area contributed by atoms with Gasteiger partial charge in [-0.25, -0.2) is 0 Å². The molecule has 1 aliphatic heterocycles. The minimum atomic E-state index is -0.313. The van der Waals surface area contributed by atoms with E-state index in [1.54, 1.807) is 0 Å². The number of hydrogen-bond acceptors (Lipinski definition) is 4. The zero-order valence-corrected chi connectivity index (χ0v) is 9.06. The SMILES string of the molecule is CC(N)CC[C@@H]1[C@H]2CC(=O)O[C@H]2C[C@H]1O. The maximum atomic E-state index is 11.1. The highest BCUT2D eigenvalue weighted by Gasteiger charge is 2.49. The summed E-state index contributed by atoms with van der Waals surface area (Å²) in [6.07, 6.45) is 2.54. The summed E-state index contributed by atoms with van der Waals surface area (Å²) < 4.78 is 5.16. The molecule has 5 atom stereocenters. The van der Waals surface area contributed by atoms with Crippen LogP contribution in [0, 0.1) is 11.8 Å². The Morgan fingerprint density at radius 1 is 1.67 bits per heavy atom. The lowest BCUT2D eigenvalue weighted by Gasteiger charge is -2.19. The third-order valence-corrected chi connectivity index (χ3v) is 3.64. The molecule has 0 aromatic heterocycles. The second kappa shape index (κ2) is 4.10. The molecule has 0 aromatic rings. The molecule has 1 saturated carbocycles. The molecule has 1 saturated heterocycles. The highest BCUT2D eigenvalue weighted by Crippen LogP contribution is 2.43. The number of fused-ring (bicyclic) bond motifs is 1. The lowest BCUT2D eigenvalue weighted by atomic mass is 9.87. The van der Waals surface area contributed by atoms with Gasteiger partial charge in [0.25, 0.3) is 0 Å². The molecular formula is C11H19NO3. The largest absolute Gasteiger partial charge is 0.462 e. The Morgan fingerprint density at radius 2 is 2.40 bits per heavy atom. The molecule has 0 amide bonds. The first-order valence-electron chi connectivity index (χ1n) is 5.71. The zero-order chi connectivity index (χ0) is 11.0. The van der Waals surface area contributed by atoms with Crippen LogP contribution in [0.1, 0.15) is 32.6 Å². The van der Waals surface area contributed by atoms with E-state index in [1.165, 1.54) is 0 Å². The summed E-state index contributed by atoms with van der Waals surface area (Å²) in [6, 6.07) is 0.161. The van der Waals surface area contributed by atoms with Crippen LogP contribution < -0.4 is 5.73 Å². The van der Waals surface area contributed by atoms with E-state index in [0.717, 1.165) is 12.8 Å². The molecule has 0 radical (unpaired) electrons. The molecule has 2 fully saturated rings. The molecule has 0 bridgehead atoms. The second-order valence-electron chi connectivity index (χ2n) is 4.92. The maximum absolute atomic E-state index is 11.1. The fourth-order valence-electron chi connectivity index (χ4n) is 2.84. The Morgan fingerprint density at radius 3 is 3.07 bits per heavy atom. The van der Waals surface area contributed by atoms with Crippen molar-refractivity contribution in [2.24, 2.45) is 17.6 Å². The predicted octanol–water partition coefficient (Wildman–Crippen LogP) is 0.426. The summed E-state index contributed by atoms with van der Waals surface area (Å²) in [5.41, 5.74) is 5.70. The summed E-state index contributed by atoms with van der Waals surface area (Å²) in [6.45, 7) is 1.97. The third kappa shape index (κ3) is 2.16. The fourth-order valence-corrected chi connectivity index (χ4v) is 2.84. The van der Waals surface area contributed by atoms with E-state index in [2.05, 4.69) is 0 Å². The van der Waals surface area contributed by atoms with Crippen molar-refractivity contribution in [3.8, 4) is 0 Å². The van der Waals surface area contributed by atoms with Crippen molar-refractivity contribution in [2.75, 3.05) is 0 Å². The van der Waals surface area contributed by atoms with Crippen LogP contribution in [0.5, 0.6) is 0 Å². The van der Waals surface area contributed by atoms with Gasteiger partial charge in [-0.05, 0) is 25.7 Å². The van der Waals surface area contributed by atoms with Crippen LogP contribution in [0.4, 0.5) is 0 Å². The molecule has 4 heteroatoms. The molecule has 2 rings (SSSR count). The van der Waals surface area contributed by atoms with Gasteiger partial charge in [0, 0.05) is 18.4 Å². The van der Waals surface area contributed by atoms with Crippen molar-refractivity contribution in [3.05, 3.63) is 0 Å². The van der Waals surface area contributed by atoms with E-state index in [9.17, 15) is 9.90 Å². The molecular weight excluding hydrogens is 194 g/mol. The van der Waals surface area contributed by atoms with Gasteiger partial charge in [-0.1, -0.05) is 0 Å². The Balaban J connectivity index is 1.94. The smallest absolute Gasteiger partial charge is 0.306 e. The first-order valence-corrected chi connectivity index (χ1v) is 5.71. The van der Waals surface area contributed by atoms with Gasteiger partial charge in [-0.15, -0.1) is 0 Å². The molecule has 0 aromatic carbocycles. The van der Waals surface area contributed by atoms with Crippen LogP contribution in [0.2, 0.25) is 0 Å². The monoisotopic (exact) mass is 213 g/mol. The van der Waals surface area contributed by atoms with Gasteiger partial charge < -0.3 is 15.6 Å². The Kier molecular flexibility index (Phi) is 2.98. The number of esters is 1. The molecule has 1 heterocycles. The number of aliphatic hydroxyl groups excluding tert-OH is 1. The average molecular weight is 213 g/mol. The average Bonchev–Trinajstić information content (AvgIpc) is 2.57. The van der Waals surface area contributed by atoms with Crippen LogP contribution in [-0.4, -0.2) is 29.3 Å². The third-order valence-electron chi connectivity index (χ3n) is 3.64. The predicted molar refractivity (Wildman–Crippen MR) is 55.0 cm³/mol. The summed E-state index contributed by atoms with van der Waals surface area (Å²) >= 11 is 0. The lowest BCUT2D eigenvalue weighted by molar-refractivity contribution is -0.141. The van der Waals surface area contributed by atoms with Crippen molar-refractivity contribution in [2.45, 2.75) is 50.9 Å². The normalized spacial score (nSPS) is 41.4. The number of aliphatic hydroxyl groups is 1. The van der Waals surface area contributed by atoms with E-state index in [4.69, 9.17) is 10.5 Å². The summed E-state index contributed by atoms with van der Waals surface area (Å²) in [5.74, 6) is 0.321. The van der Waals surface area contributed by atoms with E-state index >= 15 is 0 Å². The summed E-state index contributed by atoms with van der Waals surface area (Å²) in [7, 11) is 0. The highest BCUT2D eigenvalue weighted by molar-refractivity contribution is 5.72. The first-order chi connectivity index (χ1) is 7.08.